The maximum absolute atomic E-state index is 13.6. The monoisotopic (exact) mass is 575 g/mol. The number of pyridine rings is 1. The number of benzene rings is 2. The summed E-state index contributed by atoms with van der Waals surface area (Å²) in [4.78, 5) is 21.7. The summed E-state index contributed by atoms with van der Waals surface area (Å²) >= 11 is 1.24. The smallest absolute Gasteiger partial charge is 0.422 e. The van der Waals surface area contributed by atoms with Gasteiger partial charge < -0.3 is 26.6 Å². The molecule has 0 unspecified atom stereocenters. The number of ether oxygens (including phenoxy) is 1. The van der Waals surface area contributed by atoms with Gasteiger partial charge in [-0.25, -0.2) is 14.4 Å². The van der Waals surface area contributed by atoms with Crippen LogP contribution in [0.2, 0.25) is 0 Å². The van der Waals surface area contributed by atoms with Crippen LogP contribution in [0.25, 0.3) is 21.5 Å². The molecule has 13 heteroatoms. The standard InChI is InChI=1S/C27H25F4N5O3S/c28-18-6-1-14(2-7-18)22-23(39-13-27(29,30)31)16(11-32)10-21(36-22)26(38,17-4-5-17)12-34-24(37)15-3-8-19-20(9-15)40-25(33)35-19/h1-3,6-10,17,38H,4-5,11-13,32H2,(H2,33,35)(H,34,37)/t26-/m1/s1. The number of thiazole rings is 1. The Morgan fingerprint density at radius 1 is 1.12 bits per heavy atom. The van der Waals surface area contributed by atoms with Crippen LogP contribution in [0.3, 0.4) is 0 Å². The molecule has 1 fully saturated rings. The number of carbonyl (C=O) groups is 1. The quantitative estimate of drug-likeness (QED) is 0.216. The van der Waals surface area contributed by atoms with Crippen LogP contribution in [0.4, 0.5) is 22.7 Å². The maximum atomic E-state index is 13.6. The molecule has 2 heterocycles. The lowest BCUT2D eigenvalue weighted by Crippen LogP contribution is -2.43. The third-order valence-corrected chi connectivity index (χ3v) is 7.50. The van der Waals surface area contributed by atoms with E-state index in [0.29, 0.717) is 29.1 Å². The number of fused-ring (bicyclic) bond motifs is 1. The highest BCUT2D eigenvalue weighted by Gasteiger charge is 2.47. The molecule has 0 saturated heterocycles. The van der Waals surface area contributed by atoms with E-state index in [9.17, 15) is 27.5 Å². The van der Waals surface area contributed by atoms with Gasteiger partial charge in [-0.15, -0.1) is 0 Å². The number of alkyl halides is 3. The molecule has 1 saturated carbocycles. The van der Waals surface area contributed by atoms with E-state index in [1.807, 2.05) is 0 Å². The summed E-state index contributed by atoms with van der Waals surface area (Å²) in [6.45, 7) is -2.03. The Labute approximate surface area is 230 Å². The van der Waals surface area contributed by atoms with Crippen LogP contribution in [0.1, 0.15) is 34.5 Å². The highest BCUT2D eigenvalue weighted by molar-refractivity contribution is 7.22. The Kier molecular flexibility index (Phi) is 7.38. The van der Waals surface area contributed by atoms with E-state index >= 15 is 0 Å². The zero-order chi connectivity index (χ0) is 28.7. The van der Waals surface area contributed by atoms with Crippen molar-refractivity contribution < 1.29 is 32.2 Å². The molecule has 0 spiro atoms. The second-order valence-corrected chi connectivity index (χ2v) is 10.6. The Morgan fingerprint density at radius 2 is 1.85 bits per heavy atom. The van der Waals surface area contributed by atoms with Gasteiger partial charge in [0.05, 0.1) is 22.5 Å². The zero-order valence-electron chi connectivity index (χ0n) is 21.0. The van der Waals surface area contributed by atoms with Gasteiger partial charge in [-0.05, 0) is 67.3 Å². The SMILES string of the molecule is NCc1cc([C@@](O)(CNC(=O)c2ccc3nc(N)sc3c2)C2CC2)nc(-c2ccc(F)cc2)c1OCC(F)(F)F. The number of amides is 1. The molecule has 2 aromatic carbocycles. The Morgan fingerprint density at radius 3 is 2.50 bits per heavy atom. The number of aliphatic hydroxyl groups is 1. The van der Waals surface area contributed by atoms with Gasteiger partial charge in [-0.3, -0.25) is 4.79 Å². The highest BCUT2D eigenvalue weighted by atomic mass is 32.1. The van der Waals surface area contributed by atoms with Crippen LogP contribution in [0, 0.1) is 11.7 Å². The van der Waals surface area contributed by atoms with E-state index in [1.165, 1.54) is 29.5 Å². The number of rotatable bonds is 9. The first-order valence-corrected chi connectivity index (χ1v) is 13.1. The number of halogens is 4. The van der Waals surface area contributed by atoms with E-state index < -0.39 is 30.1 Å². The molecule has 1 aliphatic rings. The minimum atomic E-state index is -4.63. The molecule has 2 aromatic heterocycles. The number of nitrogens with one attached hydrogen (secondary N) is 1. The molecule has 5 rings (SSSR count). The van der Waals surface area contributed by atoms with Gasteiger partial charge in [0.2, 0.25) is 0 Å². The number of nitrogen functional groups attached to an aromatic ring is 1. The average molecular weight is 576 g/mol. The van der Waals surface area contributed by atoms with Crippen molar-refractivity contribution in [2.75, 3.05) is 18.9 Å². The minimum Gasteiger partial charge on any atom is -0.481 e. The number of hydrogen-bond donors (Lipinski definition) is 4. The minimum absolute atomic E-state index is 0.0270. The number of anilines is 1. The second kappa shape index (κ2) is 10.6. The van der Waals surface area contributed by atoms with Gasteiger partial charge in [-0.1, -0.05) is 11.3 Å². The van der Waals surface area contributed by atoms with Crippen LogP contribution in [0.5, 0.6) is 5.75 Å². The van der Waals surface area contributed by atoms with Gasteiger partial charge in [0.1, 0.15) is 17.1 Å². The molecule has 1 amide bonds. The molecule has 4 aromatic rings. The predicted octanol–water partition coefficient (Wildman–Crippen LogP) is 4.51. The fraction of sp³-hybridized carbons (Fsp3) is 0.296. The van der Waals surface area contributed by atoms with Gasteiger partial charge in [0.25, 0.3) is 5.91 Å². The summed E-state index contributed by atoms with van der Waals surface area (Å²) in [6.07, 6.45) is -3.33. The lowest BCUT2D eigenvalue weighted by molar-refractivity contribution is -0.153. The van der Waals surface area contributed by atoms with Crippen LogP contribution < -0.4 is 21.5 Å². The first-order chi connectivity index (χ1) is 19.0. The van der Waals surface area contributed by atoms with Gasteiger partial charge >= 0.3 is 6.18 Å². The number of aromatic nitrogens is 2. The number of hydrogen-bond acceptors (Lipinski definition) is 8. The van der Waals surface area contributed by atoms with Crippen LogP contribution in [-0.2, 0) is 12.1 Å². The molecular weight excluding hydrogens is 550 g/mol. The van der Waals surface area contributed by atoms with Crippen molar-refractivity contribution in [3.63, 3.8) is 0 Å². The van der Waals surface area contributed by atoms with Crippen LogP contribution in [-0.4, -0.2) is 40.3 Å². The Bertz CT molecular complexity index is 1560. The third-order valence-electron chi connectivity index (χ3n) is 6.65. The molecule has 210 valence electrons. The normalized spacial score (nSPS) is 15.2. The first kappa shape index (κ1) is 27.7. The summed E-state index contributed by atoms with van der Waals surface area (Å²) < 4.78 is 58.6. The van der Waals surface area contributed by atoms with Crippen molar-refractivity contribution in [3.8, 4) is 17.0 Å². The highest BCUT2D eigenvalue weighted by Crippen LogP contribution is 2.47. The predicted molar refractivity (Wildman–Crippen MR) is 142 cm³/mol. The van der Waals surface area contributed by atoms with Crippen molar-refractivity contribution in [2.45, 2.75) is 31.2 Å². The van der Waals surface area contributed by atoms with Gasteiger partial charge in [0, 0.05) is 23.2 Å². The number of carbonyl (C=O) groups excluding carboxylic acids is 1. The zero-order valence-corrected chi connectivity index (χ0v) is 21.8. The third kappa shape index (κ3) is 5.86. The lowest BCUT2D eigenvalue weighted by Gasteiger charge is -2.30. The van der Waals surface area contributed by atoms with E-state index in [-0.39, 0.29) is 47.3 Å². The molecule has 0 radical (unpaired) electrons. The molecule has 0 aliphatic heterocycles. The van der Waals surface area contributed by atoms with Gasteiger partial charge in [-0.2, -0.15) is 13.2 Å². The van der Waals surface area contributed by atoms with Crippen molar-refractivity contribution in [1.29, 1.82) is 0 Å². The van der Waals surface area contributed by atoms with Gasteiger partial charge in [0.15, 0.2) is 17.5 Å². The van der Waals surface area contributed by atoms with Crippen molar-refractivity contribution in [2.24, 2.45) is 11.7 Å². The summed E-state index contributed by atoms with van der Waals surface area (Å²) in [6, 6.07) is 11.3. The molecule has 1 atom stereocenters. The van der Waals surface area contributed by atoms with E-state index in [1.54, 1.807) is 18.2 Å². The molecule has 6 N–H and O–H groups in total. The van der Waals surface area contributed by atoms with E-state index in [0.717, 1.165) is 16.8 Å². The van der Waals surface area contributed by atoms with Crippen LogP contribution in [0.15, 0.2) is 48.5 Å². The molecule has 40 heavy (non-hydrogen) atoms. The second-order valence-electron chi connectivity index (χ2n) is 9.58. The van der Waals surface area contributed by atoms with E-state index in [4.69, 9.17) is 16.2 Å². The molecular formula is C27H25F4N5O3S. The fourth-order valence-corrected chi connectivity index (χ4v) is 5.26. The number of nitrogens with two attached hydrogens (primary N) is 2. The maximum Gasteiger partial charge on any atom is 0.422 e. The molecule has 0 bridgehead atoms. The number of nitrogens with zero attached hydrogens (tertiary/aromatic N) is 2. The molecule has 8 nitrogen and oxygen atoms in total. The first-order valence-electron chi connectivity index (χ1n) is 12.3. The largest absolute Gasteiger partial charge is 0.481 e. The van der Waals surface area contributed by atoms with E-state index in [2.05, 4.69) is 15.3 Å². The molecule has 1 aliphatic carbocycles. The lowest BCUT2D eigenvalue weighted by atomic mass is 9.90. The summed E-state index contributed by atoms with van der Waals surface area (Å²) in [5.74, 6) is -1.48. The van der Waals surface area contributed by atoms with Crippen molar-refractivity contribution in [3.05, 3.63) is 71.2 Å². The van der Waals surface area contributed by atoms with Crippen LogP contribution >= 0.6 is 11.3 Å². The fourth-order valence-electron chi connectivity index (χ4n) is 4.48. The Hall–Kier alpha value is -3.81. The topological polar surface area (TPSA) is 136 Å². The average Bonchev–Trinajstić information content (AvgIpc) is 3.71. The van der Waals surface area contributed by atoms with Crippen molar-refractivity contribution >= 4 is 32.6 Å². The van der Waals surface area contributed by atoms with Crippen molar-refractivity contribution in [1.82, 2.24) is 15.3 Å². The summed E-state index contributed by atoms with van der Waals surface area (Å²) in [7, 11) is 0. The summed E-state index contributed by atoms with van der Waals surface area (Å²) in [5, 5.41) is 15.0. The summed E-state index contributed by atoms with van der Waals surface area (Å²) in [5.41, 5.74) is 11.5. The Balaban J connectivity index is 1.50.